The number of aryl methyl sites for hydroxylation is 1. The number of nitrogens with zero attached hydrogens (tertiary/aromatic N) is 3. The molecule has 0 fully saturated rings. The van der Waals surface area contributed by atoms with Gasteiger partial charge in [0.2, 0.25) is 5.91 Å². The van der Waals surface area contributed by atoms with Crippen molar-refractivity contribution in [2.45, 2.75) is 13.5 Å². The van der Waals surface area contributed by atoms with Crippen molar-refractivity contribution >= 4 is 22.6 Å². The van der Waals surface area contributed by atoms with Gasteiger partial charge in [-0.15, -0.1) is 0 Å². The van der Waals surface area contributed by atoms with Crippen molar-refractivity contribution in [1.29, 1.82) is 0 Å². The normalized spacial score (nSPS) is 11.0. The second-order valence-corrected chi connectivity index (χ2v) is 6.34. The monoisotopic (exact) mass is 378 g/mol. The zero-order valence-electron chi connectivity index (χ0n) is 15.0. The maximum absolute atomic E-state index is 13.3. The van der Waals surface area contributed by atoms with E-state index < -0.39 is 17.5 Å². The number of hydrogen-bond donors (Lipinski definition) is 1. The van der Waals surface area contributed by atoms with Gasteiger partial charge in [-0.1, -0.05) is 30.3 Å². The molecule has 140 valence electrons. The van der Waals surface area contributed by atoms with Crippen LogP contribution in [0.2, 0.25) is 0 Å². The van der Waals surface area contributed by atoms with Crippen molar-refractivity contribution in [3.05, 3.63) is 78.1 Å². The number of pyridine rings is 1. The molecule has 0 aliphatic heterocycles. The SMILES string of the molecule is Cc1nn(CC(=O)Nc2ccc(F)c(F)c2)c2nccc(-c3ccccc3)c12. The van der Waals surface area contributed by atoms with Crippen LogP contribution in [0.15, 0.2) is 60.8 Å². The van der Waals surface area contributed by atoms with E-state index >= 15 is 0 Å². The summed E-state index contributed by atoms with van der Waals surface area (Å²) in [7, 11) is 0. The van der Waals surface area contributed by atoms with E-state index in [0.717, 1.165) is 34.3 Å². The van der Waals surface area contributed by atoms with E-state index in [4.69, 9.17) is 0 Å². The van der Waals surface area contributed by atoms with Gasteiger partial charge in [0.15, 0.2) is 17.3 Å². The zero-order chi connectivity index (χ0) is 19.7. The summed E-state index contributed by atoms with van der Waals surface area (Å²) in [4.78, 5) is 16.8. The molecule has 5 nitrogen and oxygen atoms in total. The minimum absolute atomic E-state index is 0.103. The van der Waals surface area contributed by atoms with Crippen molar-refractivity contribution in [1.82, 2.24) is 14.8 Å². The third-order valence-electron chi connectivity index (χ3n) is 4.39. The Kier molecular flexibility index (Phi) is 4.57. The average molecular weight is 378 g/mol. The molecule has 1 amide bonds. The molecule has 0 bridgehead atoms. The quantitative estimate of drug-likeness (QED) is 0.575. The standard InChI is InChI=1S/C21H16F2N4O/c1-13-20-16(14-5-3-2-4-6-14)9-10-24-21(20)27(26-13)12-19(28)25-15-7-8-17(22)18(23)11-15/h2-11H,12H2,1H3,(H,25,28). The highest BCUT2D eigenvalue weighted by atomic mass is 19.2. The molecule has 0 radical (unpaired) electrons. The van der Waals surface area contributed by atoms with E-state index in [0.29, 0.717) is 5.65 Å². The molecule has 4 rings (SSSR count). The van der Waals surface area contributed by atoms with Crippen LogP contribution in [0.5, 0.6) is 0 Å². The molecule has 28 heavy (non-hydrogen) atoms. The zero-order valence-corrected chi connectivity index (χ0v) is 15.0. The van der Waals surface area contributed by atoms with Gasteiger partial charge in [0, 0.05) is 23.3 Å². The van der Waals surface area contributed by atoms with Gasteiger partial charge < -0.3 is 5.32 Å². The number of amides is 1. The number of anilines is 1. The van der Waals surface area contributed by atoms with Crippen LogP contribution in [-0.4, -0.2) is 20.7 Å². The largest absolute Gasteiger partial charge is 0.324 e. The van der Waals surface area contributed by atoms with E-state index in [1.54, 1.807) is 6.20 Å². The van der Waals surface area contributed by atoms with Crippen LogP contribution in [0.25, 0.3) is 22.2 Å². The Labute approximate surface area is 159 Å². The second kappa shape index (κ2) is 7.19. The van der Waals surface area contributed by atoms with Crippen LogP contribution >= 0.6 is 0 Å². The summed E-state index contributed by atoms with van der Waals surface area (Å²) >= 11 is 0. The van der Waals surface area contributed by atoms with Crippen molar-refractivity contribution < 1.29 is 13.6 Å². The lowest BCUT2D eigenvalue weighted by Gasteiger charge is -2.07. The summed E-state index contributed by atoms with van der Waals surface area (Å²) in [6.45, 7) is 1.76. The highest BCUT2D eigenvalue weighted by Crippen LogP contribution is 2.29. The fraction of sp³-hybridized carbons (Fsp3) is 0.0952. The molecule has 0 saturated carbocycles. The molecule has 0 aliphatic rings. The number of carbonyl (C=O) groups excluding carboxylic acids is 1. The number of aromatic nitrogens is 3. The van der Waals surface area contributed by atoms with Gasteiger partial charge in [-0.2, -0.15) is 5.10 Å². The Balaban J connectivity index is 1.64. The van der Waals surface area contributed by atoms with Gasteiger partial charge in [-0.3, -0.25) is 4.79 Å². The first-order valence-electron chi connectivity index (χ1n) is 8.65. The maximum Gasteiger partial charge on any atom is 0.246 e. The predicted octanol–water partition coefficient (Wildman–Crippen LogP) is 4.32. The Morgan fingerprint density at radius 3 is 2.61 bits per heavy atom. The van der Waals surface area contributed by atoms with Gasteiger partial charge in [-0.25, -0.2) is 18.4 Å². The predicted molar refractivity (Wildman–Crippen MR) is 103 cm³/mol. The maximum atomic E-state index is 13.3. The first kappa shape index (κ1) is 17.8. The van der Waals surface area contributed by atoms with Crippen LogP contribution in [0.1, 0.15) is 5.69 Å². The smallest absolute Gasteiger partial charge is 0.246 e. The number of benzene rings is 2. The molecule has 4 aromatic rings. The molecule has 7 heteroatoms. The second-order valence-electron chi connectivity index (χ2n) is 6.34. The molecule has 0 unspecified atom stereocenters. The summed E-state index contributed by atoms with van der Waals surface area (Å²) in [6.07, 6.45) is 1.68. The number of carbonyl (C=O) groups is 1. The molecular formula is C21H16F2N4O. The number of halogens is 2. The first-order chi connectivity index (χ1) is 13.5. The molecule has 0 aliphatic carbocycles. The van der Waals surface area contributed by atoms with E-state index in [2.05, 4.69) is 15.4 Å². The Morgan fingerprint density at radius 1 is 1.07 bits per heavy atom. The molecule has 0 spiro atoms. The minimum atomic E-state index is -1.02. The Hall–Kier alpha value is -3.61. The lowest BCUT2D eigenvalue weighted by molar-refractivity contribution is -0.116. The van der Waals surface area contributed by atoms with E-state index in [1.165, 1.54) is 10.7 Å². The molecule has 2 heterocycles. The van der Waals surface area contributed by atoms with E-state index in [9.17, 15) is 13.6 Å². The van der Waals surface area contributed by atoms with Gasteiger partial charge >= 0.3 is 0 Å². The summed E-state index contributed by atoms with van der Waals surface area (Å²) in [5.41, 5.74) is 3.52. The molecule has 0 saturated heterocycles. The summed E-state index contributed by atoms with van der Waals surface area (Å²) in [6, 6.07) is 15.0. The Bertz CT molecular complexity index is 1170. The van der Waals surface area contributed by atoms with Crippen molar-refractivity contribution in [2.75, 3.05) is 5.32 Å². The minimum Gasteiger partial charge on any atom is -0.324 e. The lowest BCUT2D eigenvalue weighted by atomic mass is 10.0. The fourth-order valence-corrected chi connectivity index (χ4v) is 3.16. The van der Waals surface area contributed by atoms with Crippen LogP contribution in [-0.2, 0) is 11.3 Å². The molecule has 2 aromatic carbocycles. The highest BCUT2D eigenvalue weighted by Gasteiger charge is 2.16. The Morgan fingerprint density at radius 2 is 1.86 bits per heavy atom. The number of fused-ring (bicyclic) bond motifs is 1. The number of hydrogen-bond acceptors (Lipinski definition) is 3. The highest BCUT2D eigenvalue weighted by molar-refractivity contribution is 5.96. The molecule has 0 atom stereocenters. The van der Waals surface area contributed by atoms with Crippen molar-refractivity contribution in [2.24, 2.45) is 0 Å². The first-order valence-corrected chi connectivity index (χ1v) is 8.65. The lowest BCUT2D eigenvalue weighted by Crippen LogP contribution is -2.20. The molecule has 2 aromatic heterocycles. The van der Waals surface area contributed by atoms with Gasteiger partial charge in [-0.05, 0) is 36.2 Å². The van der Waals surface area contributed by atoms with E-state index in [-0.39, 0.29) is 12.2 Å². The van der Waals surface area contributed by atoms with E-state index in [1.807, 2.05) is 43.3 Å². The fourth-order valence-electron chi connectivity index (χ4n) is 3.16. The summed E-state index contributed by atoms with van der Waals surface area (Å²) in [5.74, 6) is -2.40. The third kappa shape index (κ3) is 3.34. The van der Waals surface area contributed by atoms with Crippen LogP contribution < -0.4 is 5.32 Å². The van der Waals surface area contributed by atoms with Gasteiger partial charge in [0.25, 0.3) is 0 Å². The van der Waals surface area contributed by atoms with Crippen LogP contribution in [0.3, 0.4) is 0 Å². The van der Waals surface area contributed by atoms with Crippen molar-refractivity contribution in [3.63, 3.8) is 0 Å². The van der Waals surface area contributed by atoms with Gasteiger partial charge in [0.1, 0.15) is 6.54 Å². The van der Waals surface area contributed by atoms with Crippen LogP contribution in [0, 0.1) is 18.6 Å². The summed E-state index contributed by atoms with van der Waals surface area (Å²) < 4.78 is 27.9. The van der Waals surface area contributed by atoms with Crippen molar-refractivity contribution in [3.8, 4) is 11.1 Å². The molecule has 1 N–H and O–H groups in total. The van der Waals surface area contributed by atoms with Gasteiger partial charge in [0.05, 0.1) is 5.69 Å². The van der Waals surface area contributed by atoms with Crippen LogP contribution in [0.4, 0.5) is 14.5 Å². The molecular weight excluding hydrogens is 362 g/mol. The topological polar surface area (TPSA) is 59.8 Å². The number of nitrogens with one attached hydrogen (secondary N) is 1. The number of rotatable bonds is 4. The average Bonchev–Trinajstić information content (AvgIpc) is 3.01. The third-order valence-corrected chi connectivity index (χ3v) is 4.39. The summed E-state index contributed by atoms with van der Waals surface area (Å²) in [5, 5.41) is 7.86.